The molecule has 2 amide bonds. The SMILES string of the molecule is COC(=O)CCCCNC(=O)N(C)C(C)CC(C)C. The molecule has 0 aromatic carbocycles. The van der Waals surface area contributed by atoms with E-state index in [-0.39, 0.29) is 18.0 Å². The largest absolute Gasteiger partial charge is 0.469 e. The molecule has 112 valence electrons. The van der Waals surface area contributed by atoms with Gasteiger partial charge in [0.1, 0.15) is 0 Å². The number of nitrogens with one attached hydrogen (secondary N) is 1. The fourth-order valence-electron chi connectivity index (χ4n) is 1.86. The zero-order valence-electron chi connectivity index (χ0n) is 12.9. The van der Waals surface area contributed by atoms with Crippen molar-refractivity contribution in [2.75, 3.05) is 20.7 Å². The van der Waals surface area contributed by atoms with Gasteiger partial charge in [0, 0.05) is 26.1 Å². The minimum absolute atomic E-state index is 0.0498. The minimum atomic E-state index is -0.200. The topological polar surface area (TPSA) is 58.6 Å². The van der Waals surface area contributed by atoms with Crippen LogP contribution in [0.4, 0.5) is 4.79 Å². The molecule has 0 rings (SSSR count). The molecule has 1 atom stereocenters. The molecule has 1 N–H and O–H groups in total. The molecule has 0 aromatic heterocycles. The van der Waals surface area contributed by atoms with E-state index in [1.807, 2.05) is 7.05 Å². The van der Waals surface area contributed by atoms with Crippen molar-refractivity contribution in [1.82, 2.24) is 10.2 Å². The van der Waals surface area contributed by atoms with Gasteiger partial charge in [0.15, 0.2) is 0 Å². The number of esters is 1. The highest BCUT2D eigenvalue weighted by molar-refractivity contribution is 5.74. The minimum Gasteiger partial charge on any atom is -0.469 e. The average Bonchev–Trinajstić information content (AvgIpc) is 2.35. The lowest BCUT2D eigenvalue weighted by atomic mass is 10.0. The predicted octanol–water partition coefficient (Wildman–Crippen LogP) is 2.41. The standard InChI is InChI=1S/C14H28N2O3/c1-11(2)10-12(3)16(4)14(18)15-9-7-6-8-13(17)19-5/h11-12H,6-10H2,1-5H3,(H,15,18). The van der Waals surface area contributed by atoms with Crippen LogP contribution < -0.4 is 5.32 Å². The van der Waals surface area contributed by atoms with Gasteiger partial charge >= 0.3 is 12.0 Å². The number of carbonyl (C=O) groups excluding carboxylic acids is 2. The van der Waals surface area contributed by atoms with Crippen molar-refractivity contribution >= 4 is 12.0 Å². The van der Waals surface area contributed by atoms with Crippen LogP contribution in [0.2, 0.25) is 0 Å². The van der Waals surface area contributed by atoms with Crippen LogP contribution >= 0.6 is 0 Å². The number of nitrogens with zero attached hydrogens (tertiary/aromatic N) is 1. The first-order valence-electron chi connectivity index (χ1n) is 6.96. The summed E-state index contributed by atoms with van der Waals surface area (Å²) in [5.74, 6) is 0.374. The Kier molecular flexibility index (Phi) is 9.00. The molecule has 0 fully saturated rings. The lowest BCUT2D eigenvalue weighted by Gasteiger charge is -2.26. The second-order valence-corrected chi connectivity index (χ2v) is 5.35. The first-order valence-corrected chi connectivity index (χ1v) is 6.96. The third-order valence-corrected chi connectivity index (χ3v) is 3.11. The Morgan fingerprint density at radius 1 is 1.21 bits per heavy atom. The molecule has 19 heavy (non-hydrogen) atoms. The Morgan fingerprint density at radius 3 is 2.37 bits per heavy atom. The summed E-state index contributed by atoms with van der Waals surface area (Å²) in [5, 5.41) is 2.86. The van der Waals surface area contributed by atoms with Gasteiger partial charge in [-0.05, 0) is 32.1 Å². The molecule has 0 radical (unpaired) electrons. The van der Waals surface area contributed by atoms with Crippen LogP contribution in [0.3, 0.4) is 0 Å². The summed E-state index contributed by atoms with van der Waals surface area (Å²) >= 11 is 0. The van der Waals surface area contributed by atoms with Gasteiger partial charge in [-0.3, -0.25) is 4.79 Å². The number of hydrogen-bond acceptors (Lipinski definition) is 3. The lowest BCUT2D eigenvalue weighted by molar-refractivity contribution is -0.140. The maximum atomic E-state index is 11.8. The highest BCUT2D eigenvalue weighted by atomic mass is 16.5. The summed E-state index contributed by atoms with van der Waals surface area (Å²) in [6.07, 6.45) is 2.92. The quantitative estimate of drug-likeness (QED) is 0.545. The van der Waals surface area contributed by atoms with Crippen molar-refractivity contribution in [2.24, 2.45) is 5.92 Å². The van der Waals surface area contributed by atoms with Crippen molar-refractivity contribution < 1.29 is 14.3 Å². The fraction of sp³-hybridized carbons (Fsp3) is 0.857. The molecule has 0 bridgehead atoms. The van der Waals surface area contributed by atoms with Crippen LogP contribution in [-0.2, 0) is 9.53 Å². The average molecular weight is 272 g/mol. The summed E-state index contributed by atoms with van der Waals surface area (Å²) in [7, 11) is 3.20. The van der Waals surface area contributed by atoms with Crippen LogP contribution in [0, 0.1) is 5.92 Å². The summed E-state index contributed by atoms with van der Waals surface area (Å²) in [4.78, 5) is 24.5. The Bertz CT molecular complexity index is 280. The van der Waals surface area contributed by atoms with E-state index in [9.17, 15) is 9.59 Å². The normalized spacial score (nSPS) is 12.1. The van der Waals surface area contributed by atoms with E-state index >= 15 is 0 Å². The molecule has 0 aliphatic heterocycles. The van der Waals surface area contributed by atoms with E-state index in [0.717, 1.165) is 19.3 Å². The number of ether oxygens (including phenoxy) is 1. The predicted molar refractivity (Wildman–Crippen MR) is 75.9 cm³/mol. The third kappa shape index (κ3) is 8.46. The number of unbranched alkanes of at least 4 members (excludes halogenated alkanes) is 1. The van der Waals surface area contributed by atoms with Gasteiger partial charge in [0.05, 0.1) is 7.11 Å². The molecule has 0 spiro atoms. The first-order chi connectivity index (χ1) is 8.88. The smallest absolute Gasteiger partial charge is 0.317 e. The zero-order valence-corrected chi connectivity index (χ0v) is 12.9. The molecular weight excluding hydrogens is 244 g/mol. The molecule has 0 aliphatic rings. The summed E-state index contributed by atoms with van der Waals surface area (Å²) in [6, 6.07) is 0.182. The Labute approximate surface area is 116 Å². The highest BCUT2D eigenvalue weighted by Crippen LogP contribution is 2.09. The van der Waals surface area contributed by atoms with Gasteiger partial charge in [-0.25, -0.2) is 4.79 Å². The van der Waals surface area contributed by atoms with Gasteiger partial charge in [0.2, 0.25) is 0 Å². The van der Waals surface area contributed by atoms with Crippen LogP contribution in [0.5, 0.6) is 0 Å². The van der Waals surface area contributed by atoms with E-state index in [0.29, 0.717) is 18.9 Å². The monoisotopic (exact) mass is 272 g/mol. The number of methoxy groups -OCH3 is 1. The summed E-state index contributed by atoms with van der Waals surface area (Å²) < 4.78 is 4.55. The third-order valence-electron chi connectivity index (χ3n) is 3.11. The number of urea groups is 1. The highest BCUT2D eigenvalue weighted by Gasteiger charge is 2.15. The molecular formula is C14H28N2O3. The summed E-state index contributed by atoms with van der Waals surface area (Å²) in [6.45, 7) is 6.94. The van der Waals surface area contributed by atoms with E-state index in [1.54, 1.807) is 4.90 Å². The second kappa shape index (κ2) is 9.64. The molecule has 1 unspecified atom stereocenters. The Hall–Kier alpha value is -1.26. The number of carbonyl (C=O) groups is 2. The van der Waals surface area contributed by atoms with E-state index < -0.39 is 0 Å². The van der Waals surface area contributed by atoms with Crippen LogP contribution in [0.15, 0.2) is 0 Å². The zero-order chi connectivity index (χ0) is 14.8. The first kappa shape index (κ1) is 17.7. The van der Waals surface area contributed by atoms with Crippen molar-refractivity contribution in [2.45, 2.75) is 52.5 Å². The van der Waals surface area contributed by atoms with E-state index in [4.69, 9.17) is 0 Å². The number of amides is 2. The molecule has 0 saturated carbocycles. The molecule has 0 aliphatic carbocycles. The van der Waals surface area contributed by atoms with Crippen LogP contribution in [0.25, 0.3) is 0 Å². The Balaban J connectivity index is 3.76. The van der Waals surface area contributed by atoms with Crippen LogP contribution in [0.1, 0.15) is 46.5 Å². The molecule has 5 heteroatoms. The van der Waals surface area contributed by atoms with E-state index in [1.165, 1.54) is 7.11 Å². The van der Waals surface area contributed by atoms with Crippen LogP contribution in [-0.4, -0.2) is 43.6 Å². The number of hydrogen-bond donors (Lipinski definition) is 1. The second-order valence-electron chi connectivity index (χ2n) is 5.35. The lowest BCUT2D eigenvalue weighted by Crippen LogP contribution is -2.43. The van der Waals surface area contributed by atoms with Gasteiger partial charge in [-0.2, -0.15) is 0 Å². The van der Waals surface area contributed by atoms with Crippen molar-refractivity contribution in [3.05, 3.63) is 0 Å². The van der Waals surface area contributed by atoms with E-state index in [2.05, 4.69) is 30.8 Å². The molecule has 0 saturated heterocycles. The van der Waals surface area contributed by atoms with Crippen molar-refractivity contribution in [3.63, 3.8) is 0 Å². The van der Waals surface area contributed by atoms with Crippen molar-refractivity contribution in [1.29, 1.82) is 0 Å². The Morgan fingerprint density at radius 2 is 1.84 bits per heavy atom. The maximum Gasteiger partial charge on any atom is 0.317 e. The van der Waals surface area contributed by atoms with Gasteiger partial charge in [-0.15, -0.1) is 0 Å². The van der Waals surface area contributed by atoms with Gasteiger partial charge < -0.3 is 15.0 Å². The van der Waals surface area contributed by atoms with Gasteiger partial charge in [-0.1, -0.05) is 13.8 Å². The molecule has 0 aromatic rings. The number of rotatable bonds is 8. The molecule has 5 nitrogen and oxygen atoms in total. The summed E-state index contributed by atoms with van der Waals surface area (Å²) in [5.41, 5.74) is 0. The van der Waals surface area contributed by atoms with Gasteiger partial charge in [0.25, 0.3) is 0 Å². The fourth-order valence-corrected chi connectivity index (χ4v) is 1.86. The molecule has 0 heterocycles. The van der Waals surface area contributed by atoms with Crippen molar-refractivity contribution in [3.8, 4) is 0 Å². The maximum absolute atomic E-state index is 11.8.